The second-order valence-electron chi connectivity index (χ2n) is 4.77. The quantitative estimate of drug-likeness (QED) is 0.706. The number of carboxylic acids is 1. The van der Waals surface area contributed by atoms with E-state index in [4.69, 9.17) is 10.2 Å². The summed E-state index contributed by atoms with van der Waals surface area (Å²) in [6.45, 7) is -0.260. The van der Waals surface area contributed by atoms with E-state index in [-0.39, 0.29) is 30.8 Å². The number of carbonyl (C=O) groups is 2. The van der Waals surface area contributed by atoms with Gasteiger partial charge in [0, 0.05) is 18.9 Å². The highest BCUT2D eigenvalue weighted by molar-refractivity contribution is 5.87. The van der Waals surface area contributed by atoms with Crippen molar-refractivity contribution in [3.8, 4) is 0 Å². The van der Waals surface area contributed by atoms with Gasteiger partial charge < -0.3 is 15.5 Å². The highest BCUT2D eigenvalue weighted by atomic mass is 16.4. The van der Waals surface area contributed by atoms with E-state index in [1.165, 1.54) is 0 Å². The average Bonchev–Trinajstić information content (AvgIpc) is 3.19. The molecule has 3 N–H and O–H groups in total. The predicted octanol–water partition coefficient (Wildman–Crippen LogP) is 0.742. The smallest absolute Gasteiger partial charge is 0.326 e. The van der Waals surface area contributed by atoms with Crippen molar-refractivity contribution in [3.05, 3.63) is 35.9 Å². The molecule has 102 valence electrons. The van der Waals surface area contributed by atoms with Crippen molar-refractivity contribution in [2.24, 2.45) is 5.92 Å². The Labute approximate surface area is 111 Å². The Kier molecular flexibility index (Phi) is 4.16. The van der Waals surface area contributed by atoms with Gasteiger partial charge in [0.05, 0.1) is 0 Å². The van der Waals surface area contributed by atoms with Crippen LogP contribution < -0.4 is 5.32 Å². The number of benzene rings is 1. The average molecular weight is 263 g/mol. The Balaban J connectivity index is 1.90. The minimum atomic E-state index is -1.11. The number of amides is 1. The molecular formula is C14H17NO4. The number of carbonyl (C=O) groups excluding carboxylic acids is 1. The number of aliphatic hydroxyl groups is 1. The van der Waals surface area contributed by atoms with Crippen LogP contribution in [0.4, 0.5) is 0 Å². The highest BCUT2D eigenvalue weighted by Gasteiger charge is 2.44. The van der Waals surface area contributed by atoms with Crippen molar-refractivity contribution in [3.63, 3.8) is 0 Å². The summed E-state index contributed by atoms with van der Waals surface area (Å²) in [5.74, 6) is -1.32. The third-order valence-corrected chi connectivity index (χ3v) is 3.39. The summed E-state index contributed by atoms with van der Waals surface area (Å²) in [6, 6.07) is 8.71. The number of aliphatic carboxylic acids is 1. The number of nitrogens with one attached hydrogen (secondary N) is 1. The molecule has 0 radical (unpaired) electrons. The molecule has 2 rings (SSSR count). The van der Waals surface area contributed by atoms with Crippen molar-refractivity contribution in [2.45, 2.75) is 24.8 Å². The number of aliphatic hydroxyl groups excluding tert-OH is 1. The second kappa shape index (κ2) is 5.84. The fourth-order valence-corrected chi connectivity index (χ4v) is 2.22. The van der Waals surface area contributed by atoms with Crippen molar-refractivity contribution in [1.82, 2.24) is 5.32 Å². The van der Waals surface area contributed by atoms with Gasteiger partial charge in [0.15, 0.2) is 0 Å². The van der Waals surface area contributed by atoms with E-state index >= 15 is 0 Å². The van der Waals surface area contributed by atoms with Crippen molar-refractivity contribution in [1.29, 1.82) is 0 Å². The Hall–Kier alpha value is -1.88. The van der Waals surface area contributed by atoms with E-state index in [0.717, 1.165) is 12.0 Å². The lowest BCUT2D eigenvalue weighted by Gasteiger charge is -2.13. The lowest BCUT2D eigenvalue weighted by Crippen LogP contribution is -2.42. The van der Waals surface area contributed by atoms with Gasteiger partial charge in [-0.1, -0.05) is 30.3 Å². The molecule has 1 amide bonds. The van der Waals surface area contributed by atoms with Crippen LogP contribution in [0.2, 0.25) is 0 Å². The molecule has 1 aliphatic rings. The topological polar surface area (TPSA) is 86.6 Å². The normalized spacial score (nSPS) is 22.6. The molecule has 19 heavy (non-hydrogen) atoms. The molecule has 1 aromatic rings. The van der Waals surface area contributed by atoms with Gasteiger partial charge in [0.2, 0.25) is 5.91 Å². The number of hydrogen-bond donors (Lipinski definition) is 3. The summed E-state index contributed by atoms with van der Waals surface area (Å²) >= 11 is 0. The van der Waals surface area contributed by atoms with Gasteiger partial charge in [-0.25, -0.2) is 4.79 Å². The molecule has 1 aliphatic carbocycles. The SMILES string of the molecule is O=C(O)C(CCO)NC(=O)C1CC1c1ccccc1. The van der Waals surface area contributed by atoms with E-state index in [0.29, 0.717) is 0 Å². The first-order valence-corrected chi connectivity index (χ1v) is 6.32. The molecule has 1 fully saturated rings. The van der Waals surface area contributed by atoms with Gasteiger partial charge in [-0.15, -0.1) is 0 Å². The molecule has 0 bridgehead atoms. The molecule has 3 unspecified atom stereocenters. The van der Waals surface area contributed by atoms with Crippen LogP contribution in [-0.4, -0.2) is 34.7 Å². The standard InChI is InChI=1S/C14H17NO4/c16-7-6-12(14(18)19)15-13(17)11-8-10(11)9-4-2-1-3-5-9/h1-5,10-12,16H,6-8H2,(H,15,17)(H,18,19). The van der Waals surface area contributed by atoms with Gasteiger partial charge in [-0.3, -0.25) is 4.79 Å². The lowest BCUT2D eigenvalue weighted by atomic mass is 10.1. The van der Waals surface area contributed by atoms with Crippen LogP contribution in [0.1, 0.15) is 24.3 Å². The van der Waals surface area contributed by atoms with E-state index < -0.39 is 12.0 Å². The van der Waals surface area contributed by atoms with Crippen molar-refractivity contribution < 1.29 is 19.8 Å². The largest absolute Gasteiger partial charge is 0.480 e. The first-order valence-electron chi connectivity index (χ1n) is 6.32. The summed E-state index contributed by atoms with van der Waals surface area (Å²) in [7, 11) is 0. The van der Waals surface area contributed by atoms with Gasteiger partial charge in [-0.05, 0) is 17.9 Å². The predicted molar refractivity (Wildman–Crippen MR) is 68.6 cm³/mol. The molecule has 1 saturated carbocycles. The summed E-state index contributed by atoms with van der Waals surface area (Å²) in [6.07, 6.45) is 0.783. The zero-order valence-electron chi connectivity index (χ0n) is 10.5. The monoisotopic (exact) mass is 263 g/mol. The van der Waals surface area contributed by atoms with Crippen LogP contribution >= 0.6 is 0 Å². The molecule has 3 atom stereocenters. The van der Waals surface area contributed by atoms with Crippen LogP contribution in [0.25, 0.3) is 0 Å². The molecule has 0 aliphatic heterocycles. The molecule has 0 saturated heterocycles. The third-order valence-electron chi connectivity index (χ3n) is 3.39. The van der Waals surface area contributed by atoms with Crippen LogP contribution in [0.15, 0.2) is 30.3 Å². The summed E-state index contributed by atoms with van der Waals surface area (Å²) in [5, 5.41) is 20.2. The summed E-state index contributed by atoms with van der Waals surface area (Å²) in [4.78, 5) is 22.8. The molecule has 5 heteroatoms. The molecule has 0 heterocycles. The Morgan fingerprint density at radius 1 is 1.32 bits per heavy atom. The summed E-state index contributed by atoms with van der Waals surface area (Å²) < 4.78 is 0. The lowest BCUT2D eigenvalue weighted by molar-refractivity contribution is -0.142. The minimum absolute atomic E-state index is 0.0315. The Bertz CT molecular complexity index is 460. The van der Waals surface area contributed by atoms with Gasteiger partial charge in [0.1, 0.15) is 6.04 Å². The Morgan fingerprint density at radius 2 is 2.00 bits per heavy atom. The number of carboxylic acid groups (broad SMARTS) is 1. The maximum atomic E-state index is 11.9. The van der Waals surface area contributed by atoms with Gasteiger partial charge in [0.25, 0.3) is 0 Å². The zero-order valence-corrected chi connectivity index (χ0v) is 10.5. The Morgan fingerprint density at radius 3 is 2.58 bits per heavy atom. The van der Waals surface area contributed by atoms with E-state index in [9.17, 15) is 9.59 Å². The molecule has 0 spiro atoms. The fourth-order valence-electron chi connectivity index (χ4n) is 2.22. The first-order chi connectivity index (χ1) is 9.13. The number of rotatable bonds is 6. The fraction of sp³-hybridized carbons (Fsp3) is 0.429. The maximum Gasteiger partial charge on any atom is 0.326 e. The summed E-state index contributed by atoms with van der Waals surface area (Å²) in [5.41, 5.74) is 1.11. The molecule has 0 aromatic heterocycles. The first kappa shape index (κ1) is 13.5. The van der Waals surface area contributed by atoms with Crippen molar-refractivity contribution in [2.75, 3.05) is 6.61 Å². The molecular weight excluding hydrogens is 246 g/mol. The minimum Gasteiger partial charge on any atom is -0.480 e. The van der Waals surface area contributed by atoms with Crippen LogP contribution in [0, 0.1) is 5.92 Å². The van der Waals surface area contributed by atoms with E-state index in [1.54, 1.807) is 0 Å². The van der Waals surface area contributed by atoms with Gasteiger partial charge >= 0.3 is 5.97 Å². The molecule has 5 nitrogen and oxygen atoms in total. The zero-order chi connectivity index (χ0) is 13.8. The van der Waals surface area contributed by atoms with Crippen LogP contribution in [0.5, 0.6) is 0 Å². The van der Waals surface area contributed by atoms with E-state index in [2.05, 4.69) is 5.32 Å². The van der Waals surface area contributed by atoms with Crippen LogP contribution in [-0.2, 0) is 9.59 Å². The second-order valence-corrected chi connectivity index (χ2v) is 4.77. The highest BCUT2D eigenvalue weighted by Crippen LogP contribution is 2.47. The maximum absolute atomic E-state index is 11.9. The van der Waals surface area contributed by atoms with Crippen LogP contribution in [0.3, 0.4) is 0 Å². The van der Waals surface area contributed by atoms with Crippen molar-refractivity contribution >= 4 is 11.9 Å². The third kappa shape index (κ3) is 3.32. The van der Waals surface area contributed by atoms with E-state index in [1.807, 2.05) is 30.3 Å². The number of hydrogen-bond acceptors (Lipinski definition) is 3. The molecule has 1 aromatic carbocycles. The van der Waals surface area contributed by atoms with Gasteiger partial charge in [-0.2, -0.15) is 0 Å².